The van der Waals surface area contributed by atoms with Gasteiger partial charge in [-0.2, -0.15) is 0 Å². The minimum atomic E-state index is 0.379. The average Bonchev–Trinajstić information content (AvgIpc) is 3.15. The molecule has 4 rings (SSSR count). The van der Waals surface area contributed by atoms with Crippen molar-refractivity contribution in [2.75, 3.05) is 12.3 Å². The molecular weight excluding hydrogens is 336 g/mol. The highest BCUT2D eigenvalue weighted by molar-refractivity contribution is 6.15. The zero-order valence-corrected chi connectivity index (χ0v) is 15.3. The highest BCUT2D eigenvalue weighted by atomic mass is 16.3. The zero-order chi connectivity index (χ0) is 18.8. The predicted molar refractivity (Wildman–Crippen MR) is 112 cm³/mol. The second kappa shape index (κ2) is 7.03. The van der Waals surface area contributed by atoms with Crippen molar-refractivity contribution in [3.05, 3.63) is 60.6 Å². The summed E-state index contributed by atoms with van der Waals surface area (Å²) in [5, 5.41) is 3.07. The molecule has 0 atom stereocenters. The predicted octanol–water partition coefficient (Wildman–Crippen LogP) is 5.12. The molecule has 0 aliphatic heterocycles. The van der Waals surface area contributed by atoms with Crippen LogP contribution in [0.2, 0.25) is 0 Å². The third-order valence-corrected chi connectivity index (χ3v) is 4.57. The number of rotatable bonds is 4. The molecule has 27 heavy (non-hydrogen) atoms. The van der Waals surface area contributed by atoms with Crippen LogP contribution in [0, 0.1) is 0 Å². The van der Waals surface area contributed by atoms with Gasteiger partial charge in [0.2, 0.25) is 0 Å². The van der Waals surface area contributed by atoms with Crippen molar-refractivity contribution in [2.45, 2.75) is 13.8 Å². The van der Waals surface area contributed by atoms with Gasteiger partial charge >= 0.3 is 0 Å². The number of nitrogens with two attached hydrogens (primary N) is 1. The Hall–Kier alpha value is -3.47. The molecule has 3 heterocycles. The summed E-state index contributed by atoms with van der Waals surface area (Å²) in [4.78, 5) is 12.9. The number of nitrogens with zero attached hydrogens (tertiary/aromatic N) is 3. The van der Waals surface area contributed by atoms with Crippen LogP contribution >= 0.6 is 0 Å². The molecule has 1 aromatic carbocycles. The molecule has 0 fully saturated rings. The maximum absolute atomic E-state index is 6.15. The lowest BCUT2D eigenvalue weighted by Gasteiger charge is -2.03. The minimum absolute atomic E-state index is 0.379. The molecule has 3 aromatic heterocycles. The summed E-state index contributed by atoms with van der Waals surface area (Å²) >= 11 is 0. The van der Waals surface area contributed by atoms with E-state index in [1.807, 2.05) is 62.7 Å². The number of pyridine rings is 2. The van der Waals surface area contributed by atoms with Crippen molar-refractivity contribution in [1.82, 2.24) is 9.97 Å². The number of anilines is 1. The summed E-state index contributed by atoms with van der Waals surface area (Å²) in [5.41, 5.74) is 9.64. The van der Waals surface area contributed by atoms with Crippen LogP contribution in [0.25, 0.3) is 38.6 Å². The van der Waals surface area contributed by atoms with E-state index in [1.165, 1.54) is 0 Å². The topological polar surface area (TPSA) is 77.3 Å². The summed E-state index contributed by atoms with van der Waals surface area (Å²) < 4.78 is 6.15. The molecule has 0 radical (unpaired) electrons. The van der Waals surface area contributed by atoms with E-state index in [2.05, 4.69) is 15.0 Å². The fourth-order valence-electron chi connectivity index (χ4n) is 3.23. The molecule has 0 bridgehead atoms. The second-order valence-electron chi connectivity index (χ2n) is 6.18. The first-order chi connectivity index (χ1) is 13.2. The smallest absolute Gasteiger partial charge is 0.177 e. The lowest BCUT2D eigenvalue weighted by molar-refractivity contribution is 0.632. The van der Waals surface area contributed by atoms with E-state index in [-0.39, 0.29) is 0 Å². The number of hydrogen-bond acceptors (Lipinski definition) is 5. The van der Waals surface area contributed by atoms with Gasteiger partial charge in [0.15, 0.2) is 11.4 Å². The first-order valence-corrected chi connectivity index (χ1v) is 8.90. The number of aromatic nitrogens is 2. The first kappa shape index (κ1) is 17.0. The van der Waals surface area contributed by atoms with E-state index < -0.39 is 0 Å². The molecule has 0 saturated carbocycles. The van der Waals surface area contributed by atoms with Crippen LogP contribution in [0.15, 0.2) is 64.4 Å². The Morgan fingerprint density at radius 3 is 2.93 bits per heavy atom. The van der Waals surface area contributed by atoms with Crippen LogP contribution in [-0.4, -0.2) is 22.7 Å². The molecule has 0 amide bonds. The van der Waals surface area contributed by atoms with Gasteiger partial charge < -0.3 is 10.2 Å². The Balaban J connectivity index is 1.96. The summed E-state index contributed by atoms with van der Waals surface area (Å²) in [7, 11) is 0. The Morgan fingerprint density at radius 2 is 2.11 bits per heavy atom. The molecule has 134 valence electrons. The third kappa shape index (κ3) is 2.97. The van der Waals surface area contributed by atoms with Crippen molar-refractivity contribution in [1.29, 1.82) is 0 Å². The van der Waals surface area contributed by atoms with Crippen LogP contribution in [-0.2, 0) is 0 Å². The number of nitrogen functional groups attached to an aromatic ring is 1. The Kier molecular flexibility index (Phi) is 4.42. The van der Waals surface area contributed by atoms with Gasteiger partial charge in [-0.25, -0.2) is 4.98 Å². The van der Waals surface area contributed by atoms with Gasteiger partial charge in [-0.15, -0.1) is 0 Å². The number of aliphatic imine (C=N–C) groups is 1. The van der Waals surface area contributed by atoms with E-state index in [0.29, 0.717) is 11.4 Å². The lowest BCUT2D eigenvalue weighted by Crippen LogP contribution is -1.94. The molecular formula is C22H20N4O. The largest absolute Gasteiger partial charge is 0.452 e. The quantitative estimate of drug-likeness (QED) is 0.515. The third-order valence-electron chi connectivity index (χ3n) is 4.57. The molecule has 0 aliphatic carbocycles. The second-order valence-corrected chi connectivity index (χ2v) is 6.18. The van der Waals surface area contributed by atoms with Crippen molar-refractivity contribution in [2.24, 2.45) is 4.99 Å². The van der Waals surface area contributed by atoms with Gasteiger partial charge in [0, 0.05) is 53.2 Å². The fourth-order valence-corrected chi connectivity index (χ4v) is 3.23. The van der Waals surface area contributed by atoms with Gasteiger partial charge in [-0.1, -0.05) is 24.3 Å². The molecule has 0 spiro atoms. The van der Waals surface area contributed by atoms with Crippen LogP contribution in [0.4, 0.5) is 5.82 Å². The highest BCUT2D eigenvalue weighted by Gasteiger charge is 2.16. The number of furan rings is 1. The maximum Gasteiger partial charge on any atom is 0.177 e. The van der Waals surface area contributed by atoms with Crippen molar-refractivity contribution in [3.8, 4) is 11.3 Å². The van der Waals surface area contributed by atoms with Gasteiger partial charge in [-0.3, -0.25) is 9.98 Å². The Bertz CT molecular complexity index is 1180. The normalized spacial score (nSPS) is 12.4. The SMILES string of the molecule is C/C=C(\C=NCC)c1cnc(N)c2oc(-c3cccc4cnccc34)cc12. The fraction of sp³-hybridized carbons (Fsp3) is 0.136. The van der Waals surface area contributed by atoms with Crippen molar-refractivity contribution >= 4 is 39.3 Å². The van der Waals surface area contributed by atoms with E-state index in [4.69, 9.17) is 10.2 Å². The van der Waals surface area contributed by atoms with Gasteiger partial charge in [0.05, 0.1) is 0 Å². The lowest BCUT2D eigenvalue weighted by atomic mass is 10.0. The maximum atomic E-state index is 6.15. The van der Waals surface area contributed by atoms with E-state index in [1.54, 1.807) is 12.4 Å². The number of hydrogen-bond donors (Lipinski definition) is 1. The zero-order valence-electron chi connectivity index (χ0n) is 15.3. The summed E-state index contributed by atoms with van der Waals surface area (Å²) in [5.74, 6) is 1.13. The number of benzene rings is 1. The average molecular weight is 356 g/mol. The van der Waals surface area contributed by atoms with Crippen LogP contribution in [0.3, 0.4) is 0 Å². The van der Waals surface area contributed by atoms with Gasteiger partial charge in [0.25, 0.3) is 0 Å². The van der Waals surface area contributed by atoms with Crippen LogP contribution < -0.4 is 5.73 Å². The van der Waals surface area contributed by atoms with Crippen molar-refractivity contribution in [3.63, 3.8) is 0 Å². The molecule has 0 unspecified atom stereocenters. The molecule has 0 aliphatic rings. The number of fused-ring (bicyclic) bond motifs is 2. The van der Waals surface area contributed by atoms with Crippen LogP contribution in [0.1, 0.15) is 19.4 Å². The van der Waals surface area contributed by atoms with E-state index in [9.17, 15) is 0 Å². The summed E-state index contributed by atoms with van der Waals surface area (Å²) in [6, 6.07) is 10.1. The molecule has 4 aromatic rings. The molecule has 0 saturated heterocycles. The van der Waals surface area contributed by atoms with Crippen LogP contribution in [0.5, 0.6) is 0 Å². The minimum Gasteiger partial charge on any atom is -0.452 e. The standard InChI is InChI=1S/C22H20N4O/c1-3-14(11-24-4-2)19-13-26-22(23)21-18(19)10-20(27-21)17-7-5-6-15-12-25-9-8-16(15)17/h3,5-13H,4H2,1-2H3,(H2,23,26)/b14-3+,24-11?. The summed E-state index contributed by atoms with van der Waals surface area (Å²) in [6.45, 7) is 4.72. The first-order valence-electron chi connectivity index (χ1n) is 8.90. The molecule has 5 nitrogen and oxygen atoms in total. The molecule has 5 heteroatoms. The van der Waals surface area contributed by atoms with E-state index >= 15 is 0 Å². The van der Waals surface area contributed by atoms with E-state index in [0.717, 1.165) is 45.2 Å². The van der Waals surface area contributed by atoms with Crippen molar-refractivity contribution < 1.29 is 4.42 Å². The molecule has 2 N–H and O–H groups in total. The van der Waals surface area contributed by atoms with Gasteiger partial charge in [0.1, 0.15) is 5.76 Å². The Morgan fingerprint density at radius 1 is 1.22 bits per heavy atom. The summed E-state index contributed by atoms with van der Waals surface area (Å²) in [6.07, 6.45) is 9.29. The monoisotopic (exact) mass is 356 g/mol. The number of allylic oxidation sites excluding steroid dienone is 2. The highest BCUT2D eigenvalue weighted by Crippen LogP contribution is 2.36. The van der Waals surface area contributed by atoms with Gasteiger partial charge in [-0.05, 0) is 36.9 Å². The Labute approximate surface area is 157 Å².